The van der Waals surface area contributed by atoms with Crippen LogP contribution in [0.5, 0.6) is 0 Å². The molecule has 0 heterocycles. The van der Waals surface area contributed by atoms with E-state index in [4.69, 9.17) is 10.5 Å². The smallest absolute Gasteiger partial charge is 0.240 e. The number of carbonyl (C=O) groups excluding carboxylic acids is 1. The van der Waals surface area contributed by atoms with Gasteiger partial charge in [-0.15, -0.1) is 0 Å². The molecule has 1 unspecified atom stereocenters. The van der Waals surface area contributed by atoms with Crippen LogP contribution in [0.1, 0.15) is 52.4 Å². The van der Waals surface area contributed by atoms with Gasteiger partial charge >= 0.3 is 0 Å². The highest BCUT2D eigenvalue weighted by Gasteiger charge is 2.50. The van der Waals surface area contributed by atoms with Crippen LogP contribution in [0, 0.1) is 11.8 Å². The second kappa shape index (κ2) is 6.23. The maximum atomic E-state index is 11.9. The van der Waals surface area contributed by atoms with Crippen LogP contribution in [0.25, 0.3) is 0 Å². The van der Waals surface area contributed by atoms with Gasteiger partial charge in [0.15, 0.2) is 0 Å². The van der Waals surface area contributed by atoms with Crippen LogP contribution < -0.4 is 11.1 Å². The average Bonchev–Trinajstić information content (AvgIpc) is 3.06. The first-order valence-electron chi connectivity index (χ1n) is 7.70. The lowest BCUT2D eigenvalue weighted by atomic mass is 9.92. The van der Waals surface area contributed by atoms with Crippen molar-refractivity contribution in [3.8, 4) is 0 Å². The largest absolute Gasteiger partial charge is 0.379 e. The summed E-state index contributed by atoms with van der Waals surface area (Å²) in [6, 6.07) is 0.239. The van der Waals surface area contributed by atoms with E-state index in [0.29, 0.717) is 18.4 Å². The summed E-state index contributed by atoms with van der Waals surface area (Å²) >= 11 is 0. The second-order valence-electron chi connectivity index (χ2n) is 6.57. The predicted octanol–water partition coefficient (Wildman–Crippen LogP) is 1.83. The molecule has 0 aromatic rings. The third kappa shape index (κ3) is 3.69. The highest BCUT2D eigenvalue weighted by Crippen LogP contribution is 2.40. The lowest BCUT2D eigenvalue weighted by Gasteiger charge is -2.34. The minimum absolute atomic E-state index is 0.239. The summed E-state index contributed by atoms with van der Waals surface area (Å²) in [4.78, 5) is 11.9. The molecule has 0 spiro atoms. The van der Waals surface area contributed by atoms with E-state index >= 15 is 0 Å². The molecule has 3 N–H and O–H groups in total. The SMILES string of the molecule is CC(C)NC(COCC1CCCC1)(C(N)=O)C1CC1. The van der Waals surface area contributed by atoms with Crippen molar-refractivity contribution in [2.45, 2.75) is 64.0 Å². The molecule has 0 aromatic heterocycles. The van der Waals surface area contributed by atoms with Gasteiger partial charge in [-0.2, -0.15) is 0 Å². The van der Waals surface area contributed by atoms with Gasteiger partial charge in [0.1, 0.15) is 5.54 Å². The molecule has 2 rings (SSSR count). The lowest BCUT2D eigenvalue weighted by molar-refractivity contribution is -0.129. The van der Waals surface area contributed by atoms with Gasteiger partial charge in [0.2, 0.25) is 5.91 Å². The number of rotatable bonds is 8. The summed E-state index contributed by atoms with van der Waals surface area (Å²) in [5.74, 6) is 0.787. The number of carbonyl (C=O) groups is 1. The van der Waals surface area contributed by atoms with E-state index in [2.05, 4.69) is 19.2 Å². The minimum atomic E-state index is -0.646. The predicted molar refractivity (Wildman–Crippen MR) is 75.7 cm³/mol. The molecule has 2 aliphatic carbocycles. The number of ether oxygens (including phenoxy) is 1. The van der Waals surface area contributed by atoms with E-state index < -0.39 is 5.54 Å². The van der Waals surface area contributed by atoms with Gasteiger partial charge < -0.3 is 10.5 Å². The summed E-state index contributed by atoms with van der Waals surface area (Å²) < 4.78 is 5.88. The number of hydrogen-bond acceptors (Lipinski definition) is 3. The fourth-order valence-corrected chi connectivity index (χ4v) is 3.28. The van der Waals surface area contributed by atoms with Crippen LogP contribution in [0.4, 0.5) is 0 Å². The van der Waals surface area contributed by atoms with Crippen molar-refractivity contribution in [3.05, 3.63) is 0 Å². The van der Waals surface area contributed by atoms with Crippen LogP contribution >= 0.6 is 0 Å². The molecule has 110 valence electrons. The van der Waals surface area contributed by atoms with E-state index in [1.165, 1.54) is 25.7 Å². The average molecular weight is 268 g/mol. The van der Waals surface area contributed by atoms with E-state index in [-0.39, 0.29) is 11.9 Å². The number of nitrogens with two attached hydrogens (primary N) is 1. The Morgan fingerprint density at radius 1 is 1.32 bits per heavy atom. The molecular formula is C15H28N2O2. The molecule has 2 fully saturated rings. The topological polar surface area (TPSA) is 64.3 Å². The van der Waals surface area contributed by atoms with Crippen molar-refractivity contribution in [1.29, 1.82) is 0 Å². The van der Waals surface area contributed by atoms with Gasteiger partial charge in [-0.05, 0) is 51.4 Å². The van der Waals surface area contributed by atoms with Crippen molar-refractivity contribution >= 4 is 5.91 Å². The third-order valence-electron chi connectivity index (χ3n) is 4.42. The summed E-state index contributed by atoms with van der Waals surface area (Å²) in [6.45, 7) is 5.32. The normalized spacial score (nSPS) is 23.7. The fourth-order valence-electron chi connectivity index (χ4n) is 3.28. The summed E-state index contributed by atoms with van der Waals surface area (Å²) in [6.07, 6.45) is 7.34. The van der Waals surface area contributed by atoms with Crippen molar-refractivity contribution in [3.63, 3.8) is 0 Å². The van der Waals surface area contributed by atoms with Gasteiger partial charge in [0, 0.05) is 12.6 Å². The Labute approximate surface area is 116 Å². The second-order valence-corrected chi connectivity index (χ2v) is 6.57. The molecule has 1 amide bonds. The lowest BCUT2D eigenvalue weighted by Crippen LogP contribution is -2.62. The van der Waals surface area contributed by atoms with Crippen LogP contribution in [0.3, 0.4) is 0 Å². The van der Waals surface area contributed by atoms with Crippen LogP contribution in [-0.2, 0) is 9.53 Å². The van der Waals surface area contributed by atoms with Gasteiger partial charge in [-0.3, -0.25) is 10.1 Å². The molecule has 0 saturated heterocycles. The van der Waals surface area contributed by atoms with Gasteiger partial charge in [0.25, 0.3) is 0 Å². The Bertz CT molecular complexity index is 309. The first kappa shape index (κ1) is 14.8. The molecule has 2 saturated carbocycles. The standard InChI is InChI=1S/C15H28N2O2/c1-11(2)17-15(14(16)18,13-7-8-13)10-19-9-12-5-3-4-6-12/h11-13,17H,3-10H2,1-2H3,(H2,16,18). The summed E-state index contributed by atoms with van der Waals surface area (Å²) in [5.41, 5.74) is 5.03. The Morgan fingerprint density at radius 2 is 1.95 bits per heavy atom. The Balaban J connectivity index is 1.90. The van der Waals surface area contributed by atoms with Crippen LogP contribution in [0.15, 0.2) is 0 Å². The monoisotopic (exact) mass is 268 g/mol. The first-order chi connectivity index (χ1) is 9.04. The van der Waals surface area contributed by atoms with Crippen molar-refractivity contribution in [2.75, 3.05) is 13.2 Å². The highest BCUT2D eigenvalue weighted by atomic mass is 16.5. The molecule has 1 atom stereocenters. The maximum Gasteiger partial charge on any atom is 0.240 e. The van der Waals surface area contributed by atoms with E-state index in [1.807, 2.05) is 0 Å². The molecule has 0 aromatic carbocycles. The van der Waals surface area contributed by atoms with Crippen LogP contribution in [-0.4, -0.2) is 30.7 Å². The molecule has 0 aliphatic heterocycles. The molecule has 2 aliphatic rings. The molecule has 0 radical (unpaired) electrons. The van der Waals surface area contributed by atoms with E-state index in [1.54, 1.807) is 0 Å². The molecule has 19 heavy (non-hydrogen) atoms. The Kier molecular flexibility index (Phi) is 4.85. The van der Waals surface area contributed by atoms with Gasteiger partial charge in [-0.25, -0.2) is 0 Å². The number of hydrogen-bond donors (Lipinski definition) is 2. The maximum absolute atomic E-state index is 11.9. The minimum Gasteiger partial charge on any atom is -0.379 e. The van der Waals surface area contributed by atoms with Crippen molar-refractivity contribution < 1.29 is 9.53 Å². The van der Waals surface area contributed by atoms with E-state index in [0.717, 1.165) is 19.4 Å². The molecule has 0 bridgehead atoms. The summed E-state index contributed by atoms with van der Waals surface area (Å²) in [7, 11) is 0. The number of primary amides is 1. The van der Waals surface area contributed by atoms with Crippen molar-refractivity contribution in [1.82, 2.24) is 5.32 Å². The molecular weight excluding hydrogens is 240 g/mol. The fraction of sp³-hybridized carbons (Fsp3) is 0.933. The van der Waals surface area contributed by atoms with Crippen LogP contribution in [0.2, 0.25) is 0 Å². The summed E-state index contributed by atoms with van der Waals surface area (Å²) in [5, 5.41) is 3.38. The molecule has 4 heteroatoms. The first-order valence-corrected chi connectivity index (χ1v) is 7.70. The Morgan fingerprint density at radius 3 is 2.42 bits per heavy atom. The number of nitrogens with one attached hydrogen (secondary N) is 1. The molecule has 4 nitrogen and oxygen atoms in total. The van der Waals surface area contributed by atoms with Gasteiger partial charge in [-0.1, -0.05) is 12.8 Å². The quantitative estimate of drug-likeness (QED) is 0.706. The van der Waals surface area contributed by atoms with Gasteiger partial charge in [0.05, 0.1) is 6.61 Å². The van der Waals surface area contributed by atoms with E-state index in [9.17, 15) is 4.79 Å². The zero-order valence-electron chi connectivity index (χ0n) is 12.3. The highest BCUT2D eigenvalue weighted by molar-refractivity contribution is 5.85. The Hall–Kier alpha value is -0.610. The zero-order chi connectivity index (χ0) is 13.9. The number of amides is 1. The zero-order valence-corrected chi connectivity index (χ0v) is 12.3. The van der Waals surface area contributed by atoms with Crippen molar-refractivity contribution in [2.24, 2.45) is 17.6 Å². The third-order valence-corrected chi connectivity index (χ3v) is 4.42.